The minimum atomic E-state index is 0.682. The predicted molar refractivity (Wildman–Crippen MR) is 55.5 cm³/mol. The number of carbonyl (C=O) groups excluding carboxylic acids is 1. The van der Waals surface area contributed by atoms with Crippen LogP contribution in [0.15, 0.2) is 16.6 Å². The molecule has 0 unspecified atom stereocenters. The fraction of sp³-hybridized carbons (Fsp3) is 0.300. The molecule has 13 heavy (non-hydrogen) atoms. The largest absolute Gasteiger partial charge is 0.496 e. The minimum absolute atomic E-state index is 0.682. The Hall–Kier alpha value is -0.830. The third kappa shape index (κ3) is 1.91. The second-order valence-electron chi connectivity index (χ2n) is 2.61. The first kappa shape index (κ1) is 10.3. The van der Waals surface area contributed by atoms with Crippen LogP contribution in [0.3, 0.4) is 0 Å². The van der Waals surface area contributed by atoms with Crippen LogP contribution in [0.5, 0.6) is 5.75 Å². The van der Waals surface area contributed by atoms with E-state index in [4.69, 9.17) is 4.74 Å². The summed E-state index contributed by atoms with van der Waals surface area (Å²) in [5.74, 6) is 0.771. The van der Waals surface area contributed by atoms with E-state index in [2.05, 4.69) is 15.9 Å². The van der Waals surface area contributed by atoms with E-state index in [1.165, 1.54) is 0 Å². The summed E-state index contributed by atoms with van der Waals surface area (Å²) in [4.78, 5) is 10.8. The Morgan fingerprint density at radius 2 is 2.23 bits per heavy atom. The lowest BCUT2D eigenvalue weighted by atomic mass is 10.1. The monoisotopic (exact) mass is 242 g/mol. The summed E-state index contributed by atoms with van der Waals surface area (Å²) in [5, 5.41) is 0. The van der Waals surface area contributed by atoms with Gasteiger partial charge in [0.15, 0.2) is 6.29 Å². The lowest BCUT2D eigenvalue weighted by Gasteiger charge is -2.09. The Morgan fingerprint density at radius 1 is 1.54 bits per heavy atom. The maximum atomic E-state index is 10.8. The van der Waals surface area contributed by atoms with Gasteiger partial charge in [-0.1, -0.05) is 22.9 Å². The van der Waals surface area contributed by atoms with E-state index in [0.29, 0.717) is 5.56 Å². The SMILES string of the molecule is CCc1c(OC)ccc(Br)c1C=O. The van der Waals surface area contributed by atoms with Crippen molar-refractivity contribution in [2.24, 2.45) is 0 Å². The van der Waals surface area contributed by atoms with Gasteiger partial charge in [-0.25, -0.2) is 0 Å². The second kappa shape index (κ2) is 4.42. The Morgan fingerprint density at radius 3 is 2.69 bits per heavy atom. The molecular weight excluding hydrogens is 232 g/mol. The Balaban J connectivity index is 3.36. The summed E-state index contributed by atoms with van der Waals surface area (Å²) < 4.78 is 5.97. The first-order valence-electron chi connectivity index (χ1n) is 4.05. The van der Waals surface area contributed by atoms with Crippen molar-refractivity contribution in [3.8, 4) is 5.75 Å². The van der Waals surface area contributed by atoms with E-state index in [1.54, 1.807) is 7.11 Å². The standard InChI is InChI=1S/C10H11BrO2/c1-3-7-8(6-12)9(11)4-5-10(7)13-2/h4-6H,3H2,1-2H3. The van der Waals surface area contributed by atoms with Gasteiger partial charge in [0.05, 0.1) is 7.11 Å². The van der Waals surface area contributed by atoms with Gasteiger partial charge in [-0.2, -0.15) is 0 Å². The average Bonchev–Trinajstić information content (AvgIpc) is 2.17. The number of hydrogen-bond donors (Lipinski definition) is 0. The topological polar surface area (TPSA) is 26.3 Å². The normalized spacial score (nSPS) is 9.77. The molecule has 0 atom stereocenters. The van der Waals surface area contributed by atoms with Crippen LogP contribution >= 0.6 is 15.9 Å². The third-order valence-corrected chi connectivity index (χ3v) is 2.64. The summed E-state index contributed by atoms with van der Waals surface area (Å²) in [6.07, 6.45) is 1.64. The molecule has 70 valence electrons. The molecule has 0 saturated carbocycles. The molecule has 0 N–H and O–H groups in total. The van der Waals surface area contributed by atoms with Crippen LogP contribution in [0, 0.1) is 0 Å². The summed E-state index contributed by atoms with van der Waals surface area (Å²) in [7, 11) is 1.61. The molecule has 3 heteroatoms. The van der Waals surface area contributed by atoms with E-state index in [-0.39, 0.29) is 0 Å². The number of methoxy groups -OCH3 is 1. The molecule has 0 radical (unpaired) electrons. The van der Waals surface area contributed by atoms with Gasteiger partial charge < -0.3 is 4.74 Å². The molecule has 2 nitrogen and oxygen atoms in total. The molecule has 0 bridgehead atoms. The molecule has 1 aromatic rings. The second-order valence-corrected chi connectivity index (χ2v) is 3.47. The van der Waals surface area contributed by atoms with E-state index in [9.17, 15) is 4.79 Å². The van der Waals surface area contributed by atoms with Crippen molar-refractivity contribution < 1.29 is 9.53 Å². The number of ether oxygens (including phenoxy) is 1. The first-order chi connectivity index (χ1) is 6.24. The Bertz CT molecular complexity index is 321. The molecule has 0 aliphatic rings. The molecule has 0 fully saturated rings. The highest BCUT2D eigenvalue weighted by Gasteiger charge is 2.09. The number of aldehydes is 1. The third-order valence-electron chi connectivity index (χ3n) is 1.95. The lowest BCUT2D eigenvalue weighted by Crippen LogP contribution is -1.97. The maximum absolute atomic E-state index is 10.8. The van der Waals surface area contributed by atoms with Gasteiger partial charge in [0.1, 0.15) is 5.75 Å². The zero-order chi connectivity index (χ0) is 9.84. The maximum Gasteiger partial charge on any atom is 0.151 e. The molecule has 1 rings (SSSR count). The lowest BCUT2D eigenvalue weighted by molar-refractivity contribution is 0.112. The van der Waals surface area contributed by atoms with Crippen molar-refractivity contribution >= 4 is 22.2 Å². The van der Waals surface area contributed by atoms with Gasteiger partial charge >= 0.3 is 0 Å². The molecule has 0 saturated heterocycles. The smallest absolute Gasteiger partial charge is 0.151 e. The Kier molecular flexibility index (Phi) is 3.48. The van der Waals surface area contributed by atoms with Crippen molar-refractivity contribution in [1.82, 2.24) is 0 Å². The minimum Gasteiger partial charge on any atom is -0.496 e. The molecule has 0 heterocycles. The number of carbonyl (C=O) groups is 1. The molecule has 0 spiro atoms. The molecule has 0 aliphatic carbocycles. The molecular formula is C10H11BrO2. The van der Waals surface area contributed by atoms with Gasteiger partial charge in [0.25, 0.3) is 0 Å². The highest BCUT2D eigenvalue weighted by atomic mass is 79.9. The zero-order valence-corrected chi connectivity index (χ0v) is 9.22. The van der Waals surface area contributed by atoms with Crippen LogP contribution < -0.4 is 4.74 Å². The summed E-state index contributed by atoms with van der Waals surface area (Å²) in [6.45, 7) is 2.00. The van der Waals surface area contributed by atoms with Crippen molar-refractivity contribution in [2.75, 3.05) is 7.11 Å². The highest BCUT2D eigenvalue weighted by Crippen LogP contribution is 2.27. The van der Waals surface area contributed by atoms with Crippen LogP contribution in [0.1, 0.15) is 22.8 Å². The van der Waals surface area contributed by atoms with Gasteiger partial charge in [0.2, 0.25) is 0 Å². The molecule has 0 aliphatic heterocycles. The summed E-state index contributed by atoms with van der Waals surface area (Å²) >= 11 is 3.32. The number of halogens is 1. The summed E-state index contributed by atoms with van der Waals surface area (Å²) in [6, 6.07) is 3.68. The van der Waals surface area contributed by atoms with Gasteiger partial charge in [-0.3, -0.25) is 4.79 Å². The van der Waals surface area contributed by atoms with Gasteiger partial charge in [0, 0.05) is 15.6 Å². The highest BCUT2D eigenvalue weighted by molar-refractivity contribution is 9.10. The van der Waals surface area contributed by atoms with Gasteiger partial charge in [-0.05, 0) is 18.6 Å². The van der Waals surface area contributed by atoms with Crippen molar-refractivity contribution in [3.05, 3.63) is 27.7 Å². The number of hydrogen-bond acceptors (Lipinski definition) is 2. The van der Waals surface area contributed by atoms with E-state index < -0.39 is 0 Å². The molecule has 0 amide bonds. The fourth-order valence-electron chi connectivity index (χ4n) is 1.30. The fourth-order valence-corrected chi connectivity index (χ4v) is 1.76. The van der Waals surface area contributed by atoms with Gasteiger partial charge in [-0.15, -0.1) is 0 Å². The van der Waals surface area contributed by atoms with Crippen LogP contribution in [0.25, 0.3) is 0 Å². The number of benzene rings is 1. The van der Waals surface area contributed by atoms with Crippen LogP contribution in [0.2, 0.25) is 0 Å². The quantitative estimate of drug-likeness (QED) is 0.763. The Labute approximate surface area is 86.0 Å². The molecule has 1 aromatic carbocycles. The predicted octanol–water partition coefficient (Wildman–Crippen LogP) is 2.83. The molecule has 0 aromatic heterocycles. The van der Waals surface area contributed by atoms with Crippen molar-refractivity contribution in [3.63, 3.8) is 0 Å². The summed E-state index contributed by atoms with van der Waals surface area (Å²) in [5.41, 5.74) is 1.63. The van der Waals surface area contributed by atoms with Crippen molar-refractivity contribution in [1.29, 1.82) is 0 Å². The number of rotatable bonds is 3. The van der Waals surface area contributed by atoms with Crippen molar-refractivity contribution in [2.45, 2.75) is 13.3 Å². The van der Waals surface area contributed by atoms with E-state index in [1.807, 2.05) is 19.1 Å². The van der Waals surface area contributed by atoms with Crippen LogP contribution in [-0.2, 0) is 6.42 Å². The van der Waals surface area contributed by atoms with E-state index in [0.717, 1.165) is 28.5 Å². The first-order valence-corrected chi connectivity index (χ1v) is 4.84. The van der Waals surface area contributed by atoms with E-state index >= 15 is 0 Å². The van der Waals surface area contributed by atoms with Crippen LogP contribution in [0.4, 0.5) is 0 Å². The zero-order valence-electron chi connectivity index (χ0n) is 7.63. The van der Waals surface area contributed by atoms with Crippen LogP contribution in [-0.4, -0.2) is 13.4 Å². The average molecular weight is 243 g/mol.